The molecular weight excluding hydrogens is 287 g/mol. The zero-order chi connectivity index (χ0) is 15.8. The van der Waals surface area contributed by atoms with Gasteiger partial charge in [-0.1, -0.05) is 0 Å². The van der Waals surface area contributed by atoms with Gasteiger partial charge < -0.3 is 9.72 Å². The third-order valence-electron chi connectivity index (χ3n) is 2.90. The number of hydrogen-bond donors (Lipinski definition) is 1. The molecule has 0 aliphatic heterocycles. The molecule has 0 aromatic carbocycles. The van der Waals surface area contributed by atoms with Crippen molar-refractivity contribution in [2.75, 3.05) is 6.61 Å². The Kier molecular flexibility index (Phi) is 4.08. The molecular formula is C13H16F3N3O2. The average molecular weight is 303 g/mol. The number of aryl methyl sites for hydroxylation is 1. The fourth-order valence-electron chi connectivity index (χ4n) is 2.04. The summed E-state index contributed by atoms with van der Waals surface area (Å²) in [5.41, 5.74) is -0.186. The van der Waals surface area contributed by atoms with Crippen LogP contribution in [0.25, 0.3) is 11.0 Å². The lowest BCUT2D eigenvalue weighted by molar-refractivity contribution is -0.148. The molecule has 2 rings (SSSR count). The highest BCUT2D eigenvalue weighted by atomic mass is 19.4. The Morgan fingerprint density at radius 3 is 2.67 bits per heavy atom. The topological polar surface area (TPSA) is 59.9 Å². The Bertz CT molecular complexity index is 701. The first-order valence-corrected chi connectivity index (χ1v) is 6.49. The minimum atomic E-state index is -4.70. The molecule has 0 radical (unpaired) electrons. The molecule has 0 unspecified atom stereocenters. The van der Waals surface area contributed by atoms with Crippen molar-refractivity contribution in [2.24, 2.45) is 0 Å². The SMILES string of the molecule is Cc1cc2c(=O)n(CCOC(C)C)c(C(F)(F)F)nc2[nH]1. The molecule has 5 nitrogen and oxygen atoms in total. The van der Waals surface area contributed by atoms with Gasteiger partial charge in [-0.25, -0.2) is 4.98 Å². The van der Waals surface area contributed by atoms with Crippen molar-refractivity contribution in [3.05, 3.63) is 27.9 Å². The Morgan fingerprint density at radius 2 is 2.10 bits per heavy atom. The maximum Gasteiger partial charge on any atom is 0.449 e. The molecule has 21 heavy (non-hydrogen) atoms. The minimum Gasteiger partial charge on any atom is -0.377 e. The van der Waals surface area contributed by atoms with Gasteiger partial charge in [0.25, 0.3) is 5.56 Å². The fraction of sp³-hybridized carbons (Fsp3) is 0.538. The van der Waals surface area contributed by atoms with Crippen molar-refractivity contribution in [1.29, 1.82) is 0 Å². The van der Waals surface area contributed by atoms with E-state index in [1.807, 2.05) is 0 Å². The summed E-state index contributed by atoms with van der Waals surface area (Å²) in [5.74, 6) is -1.21. The number of aromatic amines is 1. The van der Waals surface area contributed by atoms with Crippen LogP contribution in [0.5, 0.6) is 0 Å². The third kappa shape index (κ3) is 3.26. The highest BCUT2D eigenvalue weighted by Crippen LogP contribution is 2.28. The van der Waals surface area contributed by atoms with Crippen molar-refractivity contribution < 1.29 is 17.9 Å². The standard InChI is InChI=1S/C13H16F3N3O2/c1-7(2)21-5-4-19-11(20)9-6-8(3)17-10(9)18-12(19)13(14,15)16/h6-7,17H,4-5H2,1-3H3. The van der Waals surface area contributed by atoms with Gasteiger partial charge in [-0.15, -0.1) is 0 Å². The second-order valence-corrected chi connectivity index (χ2v) is 5.02. The first-order chi connectivity index (χ1) is 9.70. The number of ether oxygens (including phenoxy) is 1. The molecule has 0 saturated carbocycles. The van der Waals surface area contributed by atoms with Crippen LogP contribution in [0.2, 0.25) is 0 Å². The highest BCUT2D eigenvalue weighted by molar-refractivity contribution is 5.75. The van der Waals surface area contributed by atoms with Gasteiger partial charge in [0.1, 0.15) is 5.65 Å². The molecule has 2 aromatic heterocycles. The van der Waals surface area contributed by atoms with E-state index < -0.39 is 17.6 Å². The molecule has 0 amide bonds. The summed E-state index contributed by atoms with van der Waals surface area (Å²) in [6, 6.07) is 1.49. The molecule has 0 aliphatic carbocycles. The summed E-state index contributed by atoms with van der Waals surface area (Å²) in [6.45, 7) is 5.01. The van der Waals surface area contributed by atoms with Crippen LogP contribution >= 0.6 is 0 Å². The molecule has 1 N–H and O–H groups in total. The molecule has 0 aliphatic rings. The largest absolute Gasteiger partial charge is 0.449 e. The number of rotatable bonds is 4. The van der Waals surface area contributed by atoms with Gasteiger partial charge >= 0.3 is 6.18 Å². The lowest BCUT2D eigenvalue weighted by Gasteiger charge is -2.15. The number of halogens is 3. The van der Waals surface area contributed by atoms with Gasteiger partial charge in [-0.05, 0) is 26.8 Å². The quantitative estimate of drug-likeness (QED) is 0.944. The number of H-pyrrole nitrogens is 1. The van der Waals surface area contributed by atoms with E-state index in [0.717, 1.165) is 0 Å². The van der Waals surface area contributed by atoms with Gasteiger partial charge in [-0.3, -0.25) is 9.36 Å². The Hall–Kier alpha value is -1.83. The zero-order valence-electron chi connectivity index (χ0n) is 11.9. The molecule has 0 spiro atoms. The number of aromatic nitrogens is 3. The zero-order valence-corrected chi connectivity index (χ0v) is 11.9. The summed E-state index contributed by atoms with van der Waals surface area (Å²) in [7, 11) is 0. The fourth-order valence-corrected chi connectivity index (χ4v) is 2.04. The first kappa shape index (κ1) is 15.6. The minimum absolute atomic E-state index is 0.0112. The lowest BCUT2D eigenvalue weighted by Crippen LogP contribution is -2.31. The van der Waals surface area contributed by atoms with Crippen LogP contribution in [0, 0.1) is 6.92 Å². The van der Waals surface area contributed by atoms with E-state index in [1.165, 1.54) is 6.07 Å². The second kappa shape index (κ2) is 5.51. The van der Waals surface area contributed by atoms with E-state index in [2.05, 4.69) is 9.97 Å². The van der Waals surface area contributed by atoms with E-state index in [0.29, 0.717) is 10.3 Å². The predicted octanol–water partition coefficient (Wildman–Crippen LogP) is 2.48. The number of nitrogens with one attached hydrogen (secondary N) is 1. The predicted molar refractivity (Wildman–Crippen MR) is 71.2 cm³/mol. The maximum atomic E-state index is 13.1. The summed E-state index contributed by atoms with van der Waals surface area (Å²) < 4.78 is 45.1. The van der Waals surface area contributed by atoms with Gasteiger partial charge in [0.15, 0.2) is 0 Å². The van der Waals surface area contributed by atoms with Crippen molar-refractivity contribution in [2.45, 2.75) is 39.6 Å². The number of nitrogens with zero attached hydrogens (tertiary/aromatic N) is 2. The van der Waals surface area contributed by atoms with Crippen molar-refractivity contribution in [3.8, 4) is 0 Å². The lowest BCUT2D eigenvalue weighted by atomic mass is 10.3. The monoisotopic (exact) mass is 303 g/mol. The van der Waals surface area contributed by atoms with Crippen molar-refractivity contribution >= 4 is 11.0 Å². The number of hydrogen-bond acceptors (Lipinski definition) is 3. The van der Waals surface area contributed by atoms with Gasteiger partial charge in [0.05, 0.1) is 24.6 Å². The van der Waals surface area contributed by atoms with E-state index in [1.54, 1.807) is 20.8 Å². The molecule has 0 saturated heterocycles. The Labute approximate surface area is 118 Å². The van der Waals surface area contributed by atoms with E-state index in [4.69, 9.17) is 4.74 Å². The summed E-state index contributed by atoms with van der Waals surface area (Å²) in [4.78, 5) is 18.4. The van der Waals surface area contributed by atoms with Crippen LogP contribution in [0.4, 0.5) is 13.2 Å². The van der Waals surface area contributed by atoms with Crippen LogP contribution in [0.3, 0.4) is 0 Å². The van der Waals surface area contributed by atoms with Gasteiger partial charge in [0, 0.05) is 5.69 Å². The van der Waals surface area contributed by atoms with Gasteiger partial charge in [0.2, 0.25) is 5.82 Å². The second-order valence-electron chi connectivity index (χ2n) is 5.02. The molecule has 2 heterocycles. The summed E-state index contributed by atoms with van der Waals surface area (Å²) >= 11 is 0. The maximum absolute atomic E-state index is 13.1. The summed E-state index contributed by atoms with van der Waals surface area (Å²) in [5, 5.41) is 0.144. The summed E-state index contributed by atoms with van der Waals surface area (Å²) in [6.07, 6.45) is -4.83. The van der Waals surface area contributed by atoms with Crippen LogP contribution in [-0.2, 0) is 17.5 Å². The third-order valence-corrected chi connectivity index (χ3v) is 2.90. The van der Waals surface area contributed by atoms with Crippen molar-refractivity contribution in [1.82, 2.24) is 14.5 Å². The first-order valence-electron chi connectivity index (χ1n) is 6.49. The van der Waals surface area contributed by atoms with Crippen LogP contribution in [0.1, 0.15) is 25.4 Å². The average Bonchev–Trinajstić information content (AvgIpc) is 2.71. The number of fused-ring (bicyclic) bond motifs is 1. The van der Waals surface area contributed by atoms with Gasteiger partial charge in [-0.2, -0.15) is 13.2 Å². The molecule has 0 fully saturated rings. The molecule has 8 heteroatoms. The Balaban J connectivity index is 2.53. The molecule has 2 aromatic rings. The molecule has 0 bridgehead atoms. The van der Waals surface area contributed by atoms with Crippen LogP contribution in [0.15, 0.2) is 10.9 Å². The number of alkyl halides is 3. The Morgan fingerprint density at radius 1 is 1.43 bits per heavy atom. The van der Waals surface area contributed by atoms with E-state index in [-0.39, 0.29) is 30.3 Å². The molecule has 116 valence electrons. The highest BCUT2D eigenvalue weighted by Gasteiger charge is 2.37. The smallest absolute Gasteiger partial charge is 0.377 e. The molecule has 0 atom stereocenters. The normalized spacial score (nSPS) is 12.5. The van der Waals surface area contributed by atoms with E-state index in [9.17, 15) is 18.0 Å². The van der Waals surface area contributed by atoms with Crippen LogP contribution in [-0.4, -0.2) is 27.2 Å². The van der Waals surface area contributed by atoms with Crippen LogP contribution < -0.4 is 5.56 Å². The van der Waals surface area contributed by atoms with E-state index >= 15 is 0 Å². The van der Waals surface area contributed by atoms with Crippen molar-refractivity contribution in [3.63, 3.8) is 0 Å².